The topological polar surface area (TPSA) is 91.3 Å². The van der Waals surface area contributed by atoms with Gasteiger partial charge in [0, 0.05) is 6.42 Å². The van der Waals surface area contributed by atoms with Crippen molar-refractivity contribution in [2.24, 2.45) is 0 Å². The fraction of sp³-hybridized carbons (Fsp3) is 0.848. The lowest BCUT2D eigenvalue weighted by atomic mass is 10.1. The van der Waals surface area contributed by atoms with Crippen molar-refractivity contribution in [3.8, 4) is 0 Å². The van der Waals surface area contributed by atoms with Crippen LogP contribution in [0.25, 0.3) is 0 Å². The first-order valence-electron chi connectivity index (χ1n) is 22.8. The number of quaternary nitrogens is 1. The second-order valence-electron chi connectivity index (χ2n) is 16.5. The van der Waals surface area contributed by atoms with E-state index in [4.69, 9.17) is 18.5 Å². The Morgan fingerprint density at radius 3 is 1.40 bits per heavy atom. The van der Waals surface area contributed by atoms with Crippen LogP contribution in [0.5, 0.6) is 0 Å². The van der Waals surface area contributed by atoms with Gasteiger partial charge in [0.2, 0.25) is 0 Å². The molecule has 0 saturated carbocycles. The van der Waals surface area contributed by atoms with Gasteiger partial charge in [-0.2, -0.15) is 0 Å². The fourth-order valence-electron chi connectivity index (χ4n) is 6.11. The summed E-state index contributed by atoms with van der Waals surface area (Å²) >= 11 is 0. The SMILES string of the molecule is CCCCCCCC/C=C\CCCCCC/C=C\OC(COC(=O)CCCCCCCCC/C=C\CCCCCCCC)COP(=O)(O)OCC[N+](C)(C)C. The highest BCUT2D eigenvalue weighted by atomic mass is 31.2. The number of ether oxygens (including phenoxy) is 2. The normalized spacial score (nSPS) is 14.0. The maximum absolute atomic E-state index is 12.5. The van der Waals surface area contributed by atoms with Crippen LogP contribution in [0.2, 0.25) is 0 Å². The van der Waals surface area contributed by atoms with Crippen LogP contribution in [0.4, 0.5) is 0 Å². The number of unbranched alkanes of at least 4 members (excludes halogenated alkanes) is 24. The van der Waals surface area contributed by atoms with Crippen LogP contribution in [-0.2, 0) is 27.9 Å². The van der Waals surface area contributed by atoms with Gasteiger partial charge < -0.3 is 18.9 Å². The first-order valence-corrected chi connectivity index (χ1v) is 24.3. The van der Waals surface area contributed by atoms with Crippen LogP contribution in [0.15, 0.2) is 36.6 Å². The second-order valence-corrected chi connectivity index (χ2v) is 17.9. The van der Waals surface area contributed by atoms with E-state index in [0.717, 1.165) is 44.9 Å². The lowest BCUT2D eigenvalue weighted by Crippen LogP contribution is -2.37. The van der Waals surface area contributed by atoms with E-state index >= 15 is 0 Å². The number of hydrogen-bond donors (Lipinski definition) is 1. The van der Waals surface area contributed by atoms with E-state index in [9.17, 15) is 14.3 Å². The number of nitrogens with zero attached hydrogens (tertiary/aromatic N) is 1. The van der Waals surface area contributed by atoms with Crippen LogP contribution >= 0.6 is 7.82 Å². The Morgan fingerprint density at radius 2 is 0.964 bits per heavy atom. The van der Waals surface area contributed by atoms with Crippen molar-refractivity contribution >= 4 is 13.8 Å². The van der Waals surface area contributed by atoms with Crippen molar-refractivity contribution in [3.05, 3.63) is 36.6 Å². The Hall–Kier alpha value is -1.44. The van der Waals surface area contributed by atoms with Crippen LogP contribution < -0.4 is 0 Å². The van der Waals surface area contributed by atoms with Gasteiger partial charge in [-0.05, 0) is 76.7 Å². The summed E-state index contributed by atoms with van der Waals surface area (Å²) in [6.07, 6.45) is 47.1. The van der Waals surface area contributed by atoms with Crippen LogP contribution in [0.3, 0.4) is 0 Å². The number of allylic oxidation sites excluding steroid dienone is 5. The predicted octanol–water partition coefficient (Wildman–Crippen LogP) is 13.7. The monoisotopic (exact) mass is 799 g/mol. The Labute approximate surface area is 340 Å². The third kappa shape index (κ3) is 43.5. The summed E-state index contributed by atoms with van der Waals surface area (Å²) < 4.78 is 34.8. The second kappa shape index (κ2) is 39.4. The third-order valence-electron chi connectivity index (χ3n) is 9.76. The van der Waals surface area contributed by atoms with E-state index in [-0.39, 0.29) is 25.8 Å². The minimum absolute atomic E-state index is 0.0537. The van der Waals surface area contributed by atoms with Crippen molar-refractivity contribution in [2.45, 2.75) is 206 Å². The summed E-state index contributed by atoms with van der Waals surface area (Å²) in [5.41, 5.74) is 0. The zero-order chi connectivity index (χ0) is 40.6. The smallest absolute Gasteiger partial charge is 0.472 e. The molecule has 0 aromatic rings. The summed E-state index contributed by atoms with van der Waals surface area (Å²) in [5.74, 6) is -0.283. The van der Waals surface area contributed by atoms with E-state index in [1.165, 1.54) is 135 Å². The molecule has 0 radical (unpaired) electrons. The van der Waals surface area contributed by atoms with Crippen molar-refractivity contribution in [1.29, 1.82) is 0 Å². The number of esters is 1. The Morgan fingerprint density at radius 1 is 0.564 bits per heavy atom. The van der Waals surface area contributed by atoms with Gasteiger partial charge in [0.25, 0.3) is 0 Å². The minimum Gasteiger partial charge on any atom is -0.492 e. The molecule has 324 valence electrons. The molecule has 0 bridgehead atoms. The maximum Gasteiger partial charge on any atom is 0.472 e. The van der Waals surface area contributed by atoms with Crippen molar-refractivity contribution < 1.29 is 37.3 Å². The third-order valence-corrected chi connectivity index (χ3v) is 10.7. The van der Waals surface area contributed by atoms with Gasteiger partial charge in [0.1, 0.15) is 19.8 Å². The molecule has 0 aromatic carbocycles. The van der Waals surface area contributed by atoms with E-state index in [1.54, 1.807) is 6.26 Å². The Bertz CT molecular complexity index is 978. The first kappa shape index (κ1) is 53.6. The van der Waals surface area contributed by atoms with Crippen molar-refractivity contribution in [3.63, 3.8) is 0 Å². The fourth-order valence-corrected chi connectivity index (χ4v) is 6.86. The molecule has 0 saturated heterocycles. The number of rotatable bonds is 42. The largest absolute Gasteiger partial charge is 0.492 e. The highest BCUT2D eigenvalue weighted by molar-refractivity contribution is 7.47. The molecule has 0 fully saturated rings. The molecule has 0 heterocycles. The number of carbonyl (C=O) groups is 1. The van der Waals surface area contributed by atoms with Gasteiger partial charge in [-0.15, -0.1) is 0 Å². The van der Waals surface area contributed by atoms with E-state index in [2.05, 4.69) is 38.2 Å². The van der Waals surface area contributed by atoms with Crippen LogP contribution in [-0.4, -0.2) is 69.0 Å². The molecule has 2 unspecified atom stereocenters. The van der Waals surface area contributed by atoms with Gasteiger partial charge >= 0.3 is 13.8 Å². The number of phosphoric ester groups is 1. The molecule has 0 aliphatic heterocycles. The van der Waals surface area contributed by atoms with Gasteiger partial charge in [-0.1, -0.05) is 147 Å². The number of hydrogen-bond acceptors (Lipinski definition) is 6. The number of phosphoric acid groups is 1. The van der Waals surface area contributed by atoms with Crippen LogP contribution in [0.1, 0.15) is 200 Å². The molecule has 9 heteroatoms. The molecular formula is C46H89NO7P+. The molecule has 0 rings (SSSR count). The summed E-state index contributed by atoms with van der Waals surface area (Å²) in [4.78, 5) is 22.7. The quantitative estimate of drug-likeness (QED) is 0.0164. The molecule has 1 N–H and O–H groups in total. The van der Waals surface area contributed by atoms with E-state index in [1.807, 2.05) is 27.2 Å². The van der Waals surface area contributed by atoms with E-state index in [0.29, 0.717) is 17.4 Å². The van der Waals surface area contributed by atoms with Gasteiger partial charge in [-0.25, -0.2) is 4.57 Å². The number of likely N-dealkylation sites (N-methyl/N-ethyl adjacent to an activating group) is 1. The summed E-state index contributed by atoms with van der Waals surface area (Å²) in [5, 5.41) is 0. The highest BCUT2D eigenvalue weighted by Gasteiger charge is 2.25. The first-order chi connectivity index (χ1) is 26.6. The summed E-state index contributed by atoms with van der Waals surface area (Å²) in [6.45, 7) is 4.89. The maximum atomic E-state index is 12.5. The standard InChI is InChI=1S/C46H88NO7P/c1-6-8-10-12-14-16-18-20-22-24-25-27-29-31-33-35-37-39-46(48)52-43-45(44-54-55(49,50)53-42-40-47(3,4)5)51-41-38-36-34-32-30-28-26-23-21-19-17-15-13-11-9-7-2/h20-23,38,41,45H,6-19,24-37,39-40,42-44H2,1-5H3/p+1/b22-20-,23-21-,41-38-. The lowest BCUT2D eigenvalue weighted by Gasteiger charge is -2.24. The molecule has 0 aliphatic rings. The zero-order valence-electron chi connectivity index (χ0n) is 36.7. The average molecular weight is 799 g/mol. The molecule has 0 amide bonds. The molecule has 2 atom stereocenters. The minimum atomic E-state index is -4.27. The lowest BCUT2D eigenvalue weighted by molar-refractivity contribution is -0.870. The molecule has 0 spiro atoms. The van der Waals surface area contributed by atoms with Gasteiger partial charge in [-0.3, -0.25) is 13.8 Å². The molecule has 0 aromatic heterocycles. The molecule has 55 heavy (non-hydrogen) atoms. The highest BCUT2D eigenvalue weighted by Crippen LogP contribution is 2.43. The van der Waals surface area contributed by atoms with Crippen molar-refractivity contribution in [2.75, 3.05) is 47.5 Å². The average Bonchev–Trinajstić information content (AvgIpc) is 3.14. The molecule has 8 nitrogen and oxygen atoms in total. The summed E-state index contributed by atoms with van der Waals surface area (Å²) in [7, 11) is 1.67. The summed E-state index contributed by atoms with van der Waals surface area (Å²) in [6, 6.07) is 0. The van der Waals surface area contributed by atoms with Crippen LogP contribution in [0, 0.1) is 0 Å². The Balaban J connectivity index is 4.28. The molecular weight excluding hydrogens is 709 g/mol. The molecule has 0 aliphatic carbocycles. The zero-order valence-corrected chi connectivity index (χ0v) is 37.6. The van der Waals surface area contributed by atoms with Gasteiger partial charge in [0.15, 0.2) is 6.10 Å². The van der Waals surface area contributed by atoms with Crippen molar-refractivity contribution in [1.82, 2.24) is 0 Å². The predicted molar refractivity (Wildman–Crippen MR) is 233 cm³/mol. The Kier molecular flexibility index (Phi) is 38.4. The van der Waals surface area contributed by atoms with Gasteiger partial charge in [0.05, 0.1) is 34.0 Å². The van der Waals surface area contributed by atoms with E-state index < -0.39 is 13.9 Å². The number of carbonyl (C=O) groups excluding carboxylic acids is 1.